The molecule has 1 aliphatic heterocycles. The van der Waals surface area contributed by atoms with E-state index >= 15 is 0 Å². The van der Waals surface area contributed by atoms with Crippen molar-refractivity contribution in [2.75, 3.05) is 33.2 Å². The van der Waals surface area contributed by atoms with E-state index in [1.54, 1.807) is 31.2 Å². The summed E-state index contributed by atoms with van der Waals surface area (Å²) in [6.07, 6.45) is 0. The molecular weight excluding hydrogens is 470 g/mol. The molecular formula is C28H29ClF2N2O2. The van der Waals surface area contributed by atoms with E-state index in [4.69, 9.17) is 11.6 Å². The van der Waals surface area contributed by atoms with Crippen LogP contribution in [0.2, 0.25) is 5.02 Å². The third kappa shape index (κ3) is 5.40. The van der Waals surface area contributed by atoms with Crippen molar-refractivity contribution < 1.29 is 18.7 Å². The molecule has 1 fully saturated rings. The number of benzene rings is 3. The quantitative estimate of drug-likeness (QED) is 0.420. The Kier molecular flexibility index (Phi) is 7.85. The Hall–Kier alpha value is -2.80. The van der Waals surface area contributed by atoms with Crippen molar-refractivity contribution in [2.45, 2.75) is 18.8 Å². The number of Topliss-reactive ketones (excluding diaryl/α,β-unsaturated/α-hetero) is 1. The van der Waals surface area contributed by atoms with Crippen LogP contribution in [0.1, 0.15) is 38.9 Å². The highest BCUT2D eigenvalue weighted by molar-refractivity contribution is 6.31. The average molecular weight is 499 g/mol. The number of nitrogens with zero attached hydrogens (tertiary/aromatic N) is 1. The smallest absolute Gasteiger partial charge is 0.167 e. The number of carbonyl (C=O) groups excluding carboxylic acids is 1. The summed E-state index contributed by atoms with van der Waals surface area (Å²) in [6, 6.07) is 15.6. The van der Waals surface area contributed by atoms with E-state index in [0.29, 0.717) is 30.8 Å². The molecule has 0 amide bonds. The number of carbonyl (C=O) groups is 1. The van der Waals surface area contributed by atoms with Gasteiger partial charge in [-0.1, -0.05) is 41.9 Å². The van der Waals surface area contributed by atoms with Gasteiger partial charge in [0.2, 0.25) is 0 Å². The predicted molar refractivity (Wildman–Crippen MR) is 134 cm³/mol. The number of hydrogen-bond acceptors (Lipinski definition) is 4. The number of phenolic OH excluding ortho intramolecular Hbond substituents is 1. The van der Waals surface area contributed by atoms with Crippen LogP contribution in [0.3, 0.4) is 0 Å². The Bertz CT molecular complexity index is 1220. The van der Waals surface area contributed by atoms with Crippen molar-refractivity contribution in [1.82, 2.24) is 10.2 Å². The van der Waals surface area contributed by atoms with E-state index in [1.807, 2.05) is 13.1 Å². The maximum absolute atomic E-state index is 14.7. The maximum atomic E-state index is 14.7. The van der Waals surface area contributed by atoms with Crippen molar-refractivity contribution in [1.29, 1.82) is 0 Å². The number of nitrogens with one attached hydrogen (secondary N) is 1. The first-order valence-corrected chi connectivity index (χ1v) is 12.1. The summed E-state index contributed by atoms with van der Waals surface area (Å²) < 4.78 is 28.7. The van der Waals surface area contributed by atoms with Crippen LogP contribution in [0.25, 0.3) is 0 Å². The first kappa shape index (κ1) is 25.3. The summed E-state index contributed by atoms with van der Waals surface area (Å²) in [5.74, 6) is -2.11. The van der Waals surface area contributed by atoms with E-state index in [9.17, 15) is 18.7 Å². The molecule has 1 saturated heterocycles. The standard InChI is InChI=1S/C28H29ClF2N2O2/c1-17-21(7-4-8-26(17)31)27-23(22-10-9-19(30)14-25(22)29)15-33(12-11-32-2)16-24(27)28(35)18-5-3-6-20(34)13-18/h3-10,13-14,23-24,27,32,34H,11-12,15-16H2,1-2H3/t23-,24+,27-/m1/s1. The second-order valence-electron chi connectivity index (χ2n) is 9.14. The zero-order valence-electron chi connectivity index (χ0n) is 19.8. The Balaban J connectivity index is 1.88. The lowest BCUT2D eigenvalue weighted by Gasteiger charge is -2.44. The number of piperidine rings is 1. The van der Waals surface area contributed by atoms with Gasteiger partial charge in [0.15, 0.2) is 5.78 Å². The molecule has 7 heteroatoms. The minimum atomic E-state index is -0.533. The molecule has 0 spiro atoms. The minimum Gasteiger partial charge on any atom is -0.508 e. The van der Waals surface area contributed by atoms with Gasteiger partial charge in [-0.15, -0.1) is 0 Å². The fourth-order valence-corrected chi connectivity index (χ4v) is 5.53. The monoisotopic (exact) mass is 498 g/mol. The molecule has 3 atom stereocenters. The molecule has 184 valence electrons. The minimum absolute atomic E-state index is 0.00955. The van der Waals surface area contributed by atoms with E-state index < -0.39 is 17.7 Å². The van der Waals surface area contributed by atoms with Crippen LogP contribution >= 0.6 is 11.6 Å². The SMILES string of the molecule is CNCCN1C[C@H](C(=O)c2cccc(O)c2)[C@H](c2cccc(F)c2C)[C@@H](c2ccc(F)cc2Cl)C1. The molecule has 0 unspecified atom stereocenters. The van der Waals surface area contributed by atoms with E-state index in [0.717, 1.165) is 17.7 Å². The average Bonchev–Trinajstić information content (AvgIpc) is 2.83. The van der Waals surface area contributed by atoms with Crippen LogP contribution in [-0.2, 0) is 0 Å². The first-order valence-electron chi connectivity index (χ1n) is 11.7. The van der Waals surface area contributed by atoms with E-state index in [-0.39, 0.29) is 28.3 Å². The fourth-order valence-electron chi connectivity index (χ4n) is 5.22. The molecule has 1 heterocycles. The van der Waals surface area contributed by atoms with Gasteiger partial charge in [0.1, 0.15) is 17.4 Å². The summed E-state index contributed by atoms with van der Waals surface area (Å²) in [5, 5.41) is 13.4. The van der Waals surface area contributed by atoms with E-state index in [1.165, 1.54) is 30.3 Å². The Labute approximate surface area is 209 Å². The summed E-state index contributed by atoms with van der Waals surface area (Å²) >= 11 is 6.54. The molecule has 3 aromatic carbocycles. The molecule has 4 nitrogen and oxygen atoms in total. The van der Waals surface area contributed by atoms with Gasteiger partial charge in [-0.3, -0.25) is 4.79 Å². The Morgan fingerprint density at radius 3 is 2.57 bits per heavy atom. The third-order valence-corrected chi connectivity index (χ3v) is 7.28. The van der Waals surface area contributed by atoms with Crippen LogP contribution in [0.4, 0.5) is 8.78 Å². The van der Waals surface area contributed by atoms with Crippen LogP contribution in [0.5, 0.6) is 5.75 Å². The second-order valence-corrected chi connectivity index (χ2v) is 9.54. The van der Waals surface area contributed by atoms with Crippen LogP contribution in [0, 0.1) is 24.5 Å². The van der Waals surface area contributed by atoms with Crippen molar-refractivity contribution >= 4 is 17.4 Å². The largest absolute Gasteiger partial charge is 0.508 e. The number of halogens is 3. The molecule has 0 radical (unpaired) electrons. The number of ketones is 1. The lowest BCUT2D eigenvalue weighted by atomic mass is 9.67. The van der Waals surface area contributed by atoms with Gasteiger partial charge in [-0.2, -0.15) is 0 Å². The number of phenols is 1. The normalized spacial score (nSPS) is 20.7. The van der Waals surface area contributed by atoms with Crippen molar-refractivity contribution in [3.05, 3.63) is 99.6 Å². The van der Waals surface area contributed by atoms with Gasteiger partial charge in [0, 0.05) is 54.5 Å². The maximum Gasteiger partial charge on any atom is 0.167 e. The summed E-state index contributed by atoms with van der Waals surface area (Å²) in [7, 11) is 1.87. The van der Waals surface area contributed by atoms with Gasteiger partial charge < -0.3 is 15.3 Å². The lowest BCUT2D eigenvalue weighted by molar-refractivity contribution is 0.0741. The molecule has 35 heavy (non-hydrogen) atoms. The summed E-state index contributed by atoms with van der Waals surface area (Å²) in [5.41, 5.74) is 2.35. The predicted octanol–water partition coefficient (Wildman–Crippen LogP) is 5.53. The second kappa shape index (κ2) is 10.9. The molecule has 4 rings (SSSR count). The zero-order chi connectivity index (χ0) is 25.1. The highest BCUT2D eigenvalue weighted by atomic mass is 35.5. The van der Waals surface area contributed by atoms with Crippen LogP contribution in [-0.4, -0.2) is 49.0 Å². The van der Waals surface area contributed by atoms with Gasteiger partial charge in [0.25, 0.3) is 0 Å². The van der Waals surface area contributed by atoms with Crippen LogP contribution in [0.15, 0.2) is 60.7 Å². The van der Waals surface area contributed by atoms with Gasteiger partial charge in [-0.05, 0) is 61.0 Å². The zero-order valence-corrected chi connectivity index (χ0v) is 20.5. The molecule has 0 bridgehead atoms. The summed E-state index contributed by atoms with van der Waals surface area (Å²) in [6.45, 7) is 4.19. The lowest BCUT2D eigenvalue weighted by Crippen LogP contribution is -2.48. The topological polar surface area (TPSA) is 52.6 Å². The third-order valence-electron chi connectivity index (χ3n) is 6.95. The fraction of sp³-hybridized carbons (Fsp3) is 0.321. The molecule has 2 N–H and O–H groups in total. The molecule has 1 aliphatic rings. The number of rotatable bonds is 7. The highest BCUT2D eigenvalue weighted by Crippen LogP contribution is 2.47. The molecule has 0 saturated carbocycles. The number of hydrogen-bond donors (Lipinski definition) is 2. The number of aromatic hydroxyl groups is 1. The highest BCUT2D eigenvalue weighted by Gasteiger charge is 2.43. The molecule has 0 aromatic heterocycles. The first-order chi connectivity index (χ1) is 16.8. The molecule has 0 aliphatic carbocycles. The Morgan fingerprint density at radius 2 is 1.86 bits per heavy atom. The van der Waals surface area contributed by atoms with Gasteiger partial charge >= 0.3 is 0 Å². The number of likely N-dealkylation sites (tertiary alicyclic amines) is 1. The van der Waals surface area contributed by atoms with Crippen LogP contribution < -0.4 is 5.32 Å². The van der Waals surface area contributed by atoms with Crippen molar-refractivity contribution in [3.8, 4) is 5.75 Å². The van der Waals surface area contributed by atoms with Gasteiger partial charge in [-0.25, -0.2) is 8.78 Å². The molecule has 3 aromatic rings. The van der Waals surface area contributed by atoms with E-state index in [2.05, 4.69) is 10.2 Å². The summed E-state index contributed by atoms with van der Waals surface area (Å²) in [4.78, 5) is 16.1. The Morgan fingerprint density at radius 1 is 1.09 bits per heavy atom. The van der Waals surface area contributed by atoms with Crippen molar-refractivity contribution in [3.63, 3.8) is 0 Å². The van der Waals surface area contributed by atoms with Crippen molar-refractivity contribution in [2.24, 2.45) is 5.92 Å². The van der Waals surface area contributed by atoms with Gasteiger partial charge in [0.05, 0.1) is 0 Å². The number of likely N-dealkylation sites (N-methyl/N-ethyl adjacent to an activating group) is 1.